The summed E-state index contributed by atoms with van der Waals surface area (Å²) in [6, 6.07) is 4.65. The molecular formula is C13H13Cl2NO4. The summed E-state index contributed by atoms with van der Waals surface area (Å²) in [5, 5.41) is 12.2. The SMILES string of the molecule is CC(Oc1ccc(Cl)cc1Cl)C(=O)NC1(C(=O)O)CC1. The van der Waals surface area contributed by atoms with E-state index >= 15 is 0 Å². The van der Waals surface area contributed by atoms with Gasteiger partial charge in [-0.1, -0.05) is 23.2 Å². The fourth-order valence-corrected chi connectivity index (χ4v) is 2.12. The molecule has 7 heteroatoms. The summed E-state index contributed by atoms with van der Waals surface area (Å²) in [5.74, 6) is -1.20. The lowest BCUT2D eigenvalue weighted by Crippen LogP contribution is -2.48. The zero-order valence-electron chi connectivity index (χ0n) is 10.7. The third kappa shape index (κ3) is 3.16. The number of carboxylic acids is 1. The number of nitrogens with one attached hydrogen (secondary N) is 1. The number of benzene rings is 1. The van der Waals surface area contributed by atoms with Crippen molar-refractivity contribution >= 4 is 35.1 Å². The normalized spacial score (nSPS) is 17.1. The molecule has 1 aromatic carbocycles. The highest BCUT2D eigenvalue weighted by molar-refractivity contribution is 6.35. The van der Waals surface area contributed by atoms with Crippen molar-refractivity contribution in [3.63, 3.8) is 0 Å². The number of aliphatic carboxylic acids is 1. The van der Waals surface area contributed by atoms with E-state index in [0.29, 0.717) is 23.6 Å². The highest BCUT2D eigenvalue weighted by Gasteiger charge is 2.52. The summed E-state index contributed by atoms with van der Waals surface area (Å²) in [4.78, 5) is 22.9. The first kappa shape index (κ1) is 14.9. The number of halogens is 2. The molecule has 1 unspecified atom stereocenters. The van der Waals surface area contributed by atoms with Crippen molar-refractivity contribution in [2.24, 2.45) is 0 Å². The van der Waals surface area contributed by atoms with Crippen LogP contribution in [0.1, 0.15) is 19.8 Å². The molecule has 1 saturated carbocycles. The second kappa shape index (κ2) is 5.50. The molecule has 108 valence electrons. The molecule has 0 radical (unpaired) electrons. The lowest BCUT2D eigenvalue weighted by Gasteiger charge is -2.18. The van der Waals surface area contributed by atoms with Gasteiger partial charge >= 0.3 is 5.97 Å². The number of amides is 1. The average molecular weight is 318 g/mol. The van der Waals surface area contributed by atoms with Crippen LogP contribution in [0.25, 0.3) is 0 Å². The number of hydrogen-bond donors (Lipinski definition) is 2. The predicted octanol–water partition coefficient (Wildman–Crippen LogP) is 2.49. The fraction of sp³-hybridized carbons (Fsp3) is 0.385. The minimum absolute atomic E-state index is 0.288. The minimum atomic E-state index is -1.13. The van der Waals surface area contributed by atoms with Crippen LogP contribution in [0.5, 0.6) is 5.75 Å². The van der Waals surface area contributed by atoms with Crippen LogP contribution < -0.4 is 10.1 Å². The van der Waals surface area contributed by atoms with E-state index in [0.717, 1.165) is 0 Å². The van der Waals surface area contributed by atoms with E-state index in [2.05, 4.69) is 5.32 Å². The quantitative estimate of drug-likeness (QED) is 0.874. The lowest BCUT2D eigenvalue weighted by atomic mass is 10.2. The van der Waals surface area contributed by atoms with Crippen LogP contribution in [0.2, 0.25) is 10.0 Å². The number of carboxylic acid groups (broad SMARTS) is 1. The Balaban J connectivity index is 1.99. The summed E-state index contributed by atoms with van der Waals surface area (Å²) in [6.45, 7) is 1.53. The van der Waals surface area contributed by atoms with Crippen molar-refractivity contribution in [3.8, 4) is 5.75 Å². The number of rotatable bonds is 5. The first-order valence-corrected chi connectivity index (χ1v) is 6.77. The molecule has 2 rings (SSSR count). The van der Waals surface area contributed by atoms with E-state index in [1.165, 1.54) is 13.0 Å². The van der Waals surface area contributed by atoms with Gasteiger partial charge in [0.25, 0.3) is 5.91 Å². The second-order valence-electron chi connectivity index (χ2n) is 4.71. The standard InChI is InChI=1S/C13H13Cl2NO4/c1-7(11(17)16-13(4-5-13)12(18)19)20-10-3-2-8(14)6-9(10)15/h2-3,6-7H,4-5H2,1H3,(H,16,17)(H,18,19). The van der Waals surface area contributed by atoms with Crippen molar-refractivity contribution in [3.05, 3.63) is 28.2 Å². The minimum Gasteiger partial charge on any atom is -0.480 e. The fourth-order valence-electron chi connectivity index (χ4n) is 1.67. The van der Waals surface area contributed by atoms with Gasteiger partial charge in [-0.25, -0.2) is 4.79 Å². The van der Waals surface area contributed by atoms with Crippen LogP contribution >= 0.6 is 23.2 Å². The number of hydrogen-bond acceptors (Lipinski definition) is 3. The van der Waals surface area contributed by atoms with E-state index in [1.807, 2.05) is 0 Å². The van der Waals surface area contributed by atoms with Crippen molar-refractivity contribution < 1.29 is 19.4 Å². The molecule has 20 heavy (non-hydrogen) atoms. The maximum absolute atomic E-state index is 11.9. The largest absolute Gasteiger partial charge is 0.480 e. The molecular weight excluding hydrogens is 305 g/mol. The van der Waals surface area contributed by atoms with Crippen molar-refractivity contribution in [1.29, 1.82) is 0 Å². The van der Waals surface area contributed by atoms with E-state index < -0.39 is 23.5 Å². The molecule has 5 nitrogen and oxygen atoms in total. The highest BCUT2D eigenvalue weighted by Crippen LogP contribution is 2.35. The monoisotopic (exact) mass is 317 g/mol. The van der Waals surface area contributed by atoms with Crippen LogP contribution in [0, 0.1) is 0 Å². The smallest absolute Gasteiger partial charge is 0.329 e. The Bertz CT molecular complexity index is 557. The van der Waals surface area contributed by atoms with E-state index in [9.17, 15) is 9.59 Å². The molecule has 0 heterocycles. The Labute approximate surface area is 125 Å². The van der Waals surface area contributed by atoms with E-state index in [-0.39, 0.29) is 5.02 Å². The third-order valence-corrected chi connectivity index (χ3v) is 3.62. The van der Waals surface area contributed by atoms with Gasteiger partial charge in [0.05, 0.1) is 5.02 Å². The van der Waals surface area contributed by atoms with Crippen LogP contribution in [-0.2, 0) is 9.59 Å². The molecule has 0 spiro atoms. The second-order valence-corrected chi connectivity index (χ2v) is 5.55. The maximum atomic E-state index is 11.9. The molecule has 1 atom stereocenters. The predicted molar refractivity (Wildman–Crippen MR) is 74.3 cm³/mol. The molecule has 1 aliphatic rings. The van der Waals surface area contributed by atoms with Gasteiger partial charge < -0.3 is 15.2 Å². The molecule has 1 amide bonds. The third-order valence-electron chi connectivity index (χ3n) is 3.09. The van der Waals surface area contributed by atoms with Gasteiger partial charge in [0, 0.05) is 5.02 Å². The number of carbonyl (C=O) groups is 2. The summed E-state index contributed by atoms with van der Waals surface area (Å²) in [6.07, 6.45) is 0.0100. The zero-order chi connectivity index (χ0) is 14.9. The Morgan fingerprint density at radius 2 is 2.05 bits per heavy atom. The van der Waals surface area contributed by atoms with Gasteiger partial charge in [0.1, 0.15) is 11.3 Å². The zero-order valence-corrected chi connectivity index (χ0v) is 12.2. The molecule has 0 bridgehead atoms. The molecule has 0 saturated heterocycles. The molecule has 1 aliphatic carbocycles. The van der Waals surface area contributed by atoms with Gasteiger partial charge in [-0.2, -0.15) is 0 Å². The lowest BCUT2D eigenvalue weighted by molar-refractivity contribution is -0.144. The Hall–Kier alpha value is -1.46. The molecule has 2 N–H and O–H groups in total. The van der Waals surface area contributed by atoms with Crippen LogP contribution in [0.3, 0.4) is 0 Å². The van der Waals surface area contributed by atoms with Gasteiger partial charge in [-0.3, -0.25) is 4.79 Å². The van der Waals surface area contributed by atoms with Gasteiger partial charge in [-0.15, -0.1) is 0 Å². The summed E-state index contributed by atoms with van der Waals surface area (Å²) in [5.41, 5.74) is -1.13. The van der Waals surface area contributed by atoms with Crippen LogP contribution in [-0.4, -0.2) is 28.6 Å². The van der Waals surface area contributed by atoms with Gasteiger partial charge in [0.15, 0.2) is 6.10 Å². The number of carbonyl (C=O) groups excluding carboxylic acids is 1. The first-order valence-electron chi connectivity index (χ1n) is 6.01. The van der Waals surface area contributed by atoms with E-state index in [4.69, 9.17) is 33.0 Å². The van der Waals surface area contributed by atoms with Gasteiger partial charge in [0.2, 0.25) is 0 Å². The Kier molecular flexibility index (Phi) is 4.11. The van der Waals surface area contributed by atoms with E-state index in [1.54, 1.807) is 12.1 Å². The van der Waals surface area contributed by atoms with Crippen molar-refractivity contribution in [2.45, 2.75) is 31.4 Å². The van der Waals surface area contributed by atoms with Crippen molar-refractivity contribution in [1.82, 2.24) is 5.32 Å². The molecule has 1 fully saturated rings. The molecule has 0 aliphatic heterocycles. The molecule has 0 aromatic heterocycles. The van der Waals surface area contributed by atoms with Crippen LogP contribution in [0.4, 0.5) is 0 Å². The maximum Gasteiger partial charge on any atom is 0.329 e. The highest BCUT2D eigenvalue weighted by atomic mass is 35.5. The summed E-state index contributed by atoms with van der Waals surface area (Å²) in [7, 11) is 0. The topological polar surface area (TPSA) is 75.6 Å². The molecule has 1 aromatic rings. The average Bonchev–Trinajstić information content (AvgIpc) is 3.13. The van der Waals surface area contributed by atoms with Gasteiger partial charge in [-0.05, 0) is 38.0 Å². The van der Waals surface area contributed by atoms with Crippen LogP contribution in [0.15, 0.2) is 18.2 Å². The Morgan fingerprint density at radius 3 is 2.55 bits per heavy atom. The number of ether oxygens (including phenoxy) is 1. The van der Waals surface area contributed by atoms with Crippen molar-refractivity contribution in [2.75, 3.05) is 0 Å². The summed E-state index contributed by atoms with van der Waals surface area (Å²) < 4.78 is 5.42. The summed E-state index contributed by atoms with van der Waals surface area (Å²) >= 11 is 11.7. The Morgan fingerprint density at radius 1 is 1.40 bits per heavy atom. The first-order chi connectivity index (χ1) is 9.34.